The fourth-order valence-electron chi connectivity index (χ4n) is 6.83. The number of nitrogens with one attached hydrogen (secondary N) is 3. The van der Waals surface area contributed by atoms with E-state index < -0.39 is 34.0 Å². The molecule has 5 rings (SSSR count). The normalized spacial score (nSPS) is 15.6. The van der Waals surface area contributed by atoms with Crippen LogP contribution in [0.15, 0.2) is 103 Å². The van der Waals surface area contributed by atoms with Gasteiger partial charge in [0.15, 0.2) is 0 Å². The Bertz CT molecular complexity index is 1940. The highest BCUT2D eigenvalue weighted by molar-refractivity contribution is 7.92. The minimum atomic E-state index is -3.71. The van der Waals surface area contributed by atoms with Crippen molar-refractivity contribution in [2.45, 2.75) is 63.9 Å². The summed E-state index contributed by atoms with van der Waals surface area (Å²) in [6.07, 6.45) is 1.32. The van der Waals surface area contributed by atoms with Crippen molar-refractivity contribution >= 4 is 27.5 Å². The fourth-order valence-corrected chi connectivity index (χ4v) is 7.45. The van der Waals surface area contributed by atoms with Crippen LogP contribution >= 0.6 is 0 Å². The number of methoxy groups -OCH3 is 1. The van der Waals surface area contributed by atoms with Crippen molar-refractivity contribution in [2.24, 2.45) is 0 Å². The van der Waals surface area contributed by atoms with Gasteiger partial charge in [0, 0.05) is 30.3 Å². The molecule has 1 heterocycles. The molecule has 0 radical (unpaired) electrons. The number of carbonyl (C=O) groups is 2. The maximum atomic E-state index is 14.0. The predicted octanol–water partition coefficient (Wildman–Crippen LogP) is 5.25. The van der Waals surface area contributed by atoms with Crippen LogP contribution in [0.4, 0.5) is 5.69 Å². The maximum Gasteiger partial charge on any atom is 0.251 e. The van der Waals surface area contributed by atoms with E-state index in [1.807, 2.05) is 86.8 Å². The van der Waals surface area contributed by atoms with E-state index in [0.717, 1.165) is 49.4 Å². The molecule has 1 saturated heterocycles. The van der Waals surface area contributed by atoms with Crippen LogP contribution in [0, 0.1) is 0 Å². The second kappa shape index (κ2) is 19.0. The lowest BCUT2D eigenvalue weighted by atomic mass is 9.98. The number of benzene rings is 4. The third-order valence-electron chi connectivity index (χ3n) is 10.0. The molecule has 4 aromatic rings. The van der Waals surface area contributed by atoms with Crippen LogP contribution in [0.5, 0.6) is 5.75 Å². The smallest absolute Gasteiger partial charge is 0.251 e. The van der Waals surface area contributed by atoms with E-state index in [0.29, 0.717) is 13.0 Å². The highest BCUT2D eigenvalue weighted by Gasteiger charge is 2.29. The van der Waals surface area contributed by atoms with E-state index in [9.17, 15) is 23.1 Å². The van der Waals surface area contributed by atoms with Crippen LogP contribution in [0.2, 0.25) is 0 Å². The quantitative estimate of drug-likeness (QED) is 0.115. The number of ether oxygens (including phenoxy) is 1. The number of anilines is 1. The number of nitrogens with zero attached hydrogens (tertiary/aromatic N) is 2. The Hall–Kier alpha value is -4.75. The van der Waals surface area contributed by atoms with E-state index >= 15 is 0 Å². The molecular formula is C42H53N5O6S. The minimum Gasteiger partial charge on any atom is -0.497 e. The summed E-state index contributed by atoms with van der Waals surface area (Å²) >= 11 is 0. The van der Waals surface area contributed by atoms with E-state index in [2.05, 4.69) is 37.3 Å². The number of rotatable bonds is 17. The summed E-state index contributed by atoms with van der Waals surface area (Å²) in [6, 6.07) is 30.8. The molecule has 1 fully saturated rings. The molecule has 11 nitrogen and oxygen atoms in total. The average Bonchev–Trinajstić information content (AvgIpc) is 3.18. The van der Waals surface area contributed by atoms with Crippen LogP contribution < -0.4 is 20.1 Å². The molecule has 288 valence electrons. The van der Waals surface area contributed by atoms with Gasteiger partial charge >= 0.3 is 0 Å². The highest BCUT2D eigenvalue weighted by Crippen LogP contribution is 2.22. The largest absolute Gasteiger partial charge is 0.497 e. The number of likely N-dealkylation sites (N-methyl/N-ethyl adjacent to an activating group) is 1. The molecule has 0 aliphatic carbocycles. The summed E-state index contributed by atoms with van der Waals surface area (Å²) in [4.78, 5) is 32.1. The van der Waals surface area contributed by atoms with Gasteiger partial charge in [0.25, 0.3) is 11.8 Å². The second-order valence-electron chi connectivity index (χ2n) is 14.0. The van der Waals surface area contributed by atoms with Gasteiger partial charge in [0.2, 0.25) is 10.0 Å². The van der Waals surface area contributed by atoms with Crippen LogP contribution in [-0.4, -0.2) is 92.9 Å². The average molecular weight is 756 g/mol. The summed E-state index contributed by atoms with van der Waals surface area (Å²) < 4.78 is 33.0. The maximum absolute atomic E-state index is 14.0. The van der Waals surface area contributed by atoms with E-state index in [-0.39, 0.29) is 34.7 Å². The monoisotopic (exact) mass is 755 g/mol. The summed E-state index contributed by atoms with van der Waals surface area (Å²) in [5, 5.41) is 17.7. The molecule has 3 unspecified atom stereocenters. The Balaban J connectivity index is 1.30. The molecule has 0 bridgehead atoms. The third kappa shape index (κ3) is 11.6. The van der Waals surface area contributed by atoms with Crippen LogP contribution in [-0.2, 0) is 23.0 Å². The van der Waals surface area contributed by atoms with Crippen molar-refractivity contribution in [3.8, 4) is 5.75 Å². The van der Waals surface area contributed by atoms with Gasteiger partial charge in [-0.05, 0) is 100 Å². The molecule has 3 atom stereocenters. The Kier molecular flexibility index (Phi) is 14.2. The molecule has 12 heteroatoms. The van der Waals surface area contributed by atoms with Crippen molar-refractivity contribution in [1.29, 1.82) is 0 Å². The van der Waals surface area contributed by atoms with E-state index in [4.69, 9.17) is 4.74 Å². The summed E-state index contributed by atoms with van der Waals surface area (Å²) in [7, 11) is -0.0283. The van der Waals surface area contributed by atoms with Gasteiger partial charge in [-0.3, -0.25) is 19.2 Å². The highest BCUT2D eigenvalue weighted by atomic mass is 32.2. The first kappa shape index (κ1) is 40.4. The van der Waals surface area contributed by atoms with Crippen molar-refractivity contribution in [1.82, 2.24) is 20.4 Å². The fraction of sp³-hybridized carbons (Fsp3) is 0.381. The molecule has 1 aliphatic heterocycles. The van der Waals surface area contributed by atoms with Crippen molar-refractivity contribution in [3.05, 3.63) is 131 Å². The second-order valence-corrected chi connectivity index (χ2v) is 16.1. The number of hydrogen-bond acceptors (Lipinski definition) is 8. The number of aliphatic hydroxyl groups excluding tert-OH is 1. The van der Waals surface area contributed by atoms with Gasteiger partial charge in [-0.1, -0.05) is 72.8 Å². The lowest BCUT2D eigenvalue weighted by Crippen LogP contribution is -2.52. The zero-order valence-electron chi connectivity index (χ0n) is 31.6. The van der Waals surface area contributed by atoms with Crippen molar-refractivity contribution < 1.29 is 27.9 Å². The molecule has 54 heavy (non-hydrogen) atoms. The van der Waals surface area contributed by atoms with Gasteiger partial charge in [0.1, 0.15) is 5.75 Å². The predicted molar refractivity (Wildman–Crippen MR) is 213 cm³/mol. The van der Waals surface area contributed by atoms with Gasteiger partial charge in [-0.2, -0.15) is 0 Å². The number of aliphatic hydroxyl groups is 1. The van der Waals surface area contributed by atoms with Crippen LogP contribution in [0.25, 0.3) is 0 Å². The first-order chi connectivity index (χ1) is 25.9. The Morgan fingerprint density at radius 2 is 1.48 bits per heavy atom. The third-order valence-corrected chi connectivity index (χ3v) is 11.3. The van der Waals surface area contributed by atoms with Gasteiger partial charge in [-0.15, -0.1) is 0 Å². The molecule has 2 amide bonds. The molecule has 4 aromatic carbocycles. The van der Waals surface area contributed by atoms with Crippen molar-refractivity contribution in [3.63, 3.8) is 0 Å². The number of hydrogen-bond donors (Lipinski definition) is 4. The first-order valence-corrected chi connectivity index (χ1v) is 20.2. The summed E-state index contributed by atoms with van der Waals surface area (Å²) in [5.74, 6) is -0.335. The van der Waals surface area contributed by atoms with Gasteiger partial charge < -0.3 is 25.4 Å². The Morgan fingerprint density at radius 3 is 2.11 bits per heavy atom. The standard InChI is InChI=1S/C42H53N5O6S/c1-5-54(51,52)45-36-26-34(41(49)43-30(2)33-16-10-7-11-17-33)25-35(27-36)42(50)44-39(24-31-13-8-6-9-14-31)40(48)29-46(3)37-19-21-47(22-20-37)28-32-15-12-18-38(23-32)53-4/h6-18,23,25-27,30,37,39-40,45,48H,5,19-22,24,28-29H2,1-4H3,(H,43,49)(H,44,50). The Labute approximate surface area is 319 Å². The Morgan fingerprint density at radius 1 is 0.870 bits per heavy atom. The molecule has 0 spiro atoms. The number of sulfonamides is 1. The number of carbonyl (C=O) groups excluding carboxylic acids is 2. The van der Waals surface area contributed by atoms with Crippen molar-refractivity contribution in [2.75, 3.05) is 44.3 Å². The van der Waals surface area contributed by atoms with E-state index in [1.165, 1.54) is 30.7 Å². The molecule has 0 aromatic heterocycles. The minimum absolute atomic E-state index is 0.0887. The summed E-state index contributed by atoms with van der Waals surface area (Å²) in [6.45, 7) is 6.38. The lowest BCUT2D eigenvalue weighted by Gasteiger charge is -2.38. The zero-order valence-corrected chi connectivity index (χ0v) is 32.4. The number of amides is 2. The van der Waals surface area contributed by atoms with Crippen LogP contribution in [0.1, 0.15) is 70.1 Å². The number of likely N-dealkylation sites (tertiary alicyclic amines) is 1. The molecular weight excluding hydrogens is 703 g/mol. The number of piperidine rings is 1. The lowest BCUT2D eigenvalue weighted by molar-refractivity contribution is 0.0493. The van der Waals surface area contributed by atoms with Gasteiger partial charge in [0.05, 0.1) is 36.7 Å². The van der Waals surface area contributed by atoms with Crippen LogP contribution in [0.3, 0.4) is 0 Å². The van der Waals surface area contributed by atoms with Gasteiger partial charge in [-0.25, -0.2) is 8.42 Å². The summed E-state index contributed by atoms with van der Waals surface area (Å²) in [5.41, 5.74) is 3.35. The zero-order chi connectivity index (χ0) is 38.7. The topological polar surface area (TPSA) is 140 Å². The molecule has 4 N–H and O–H groups in total. The van der Waals surface area contributed by atoms with E-state index in [1.54, 1.807) is 7.11 Å². The molecule has 1 aliphatic rings. The molecule has 0 saturated carbocycles. The SMILES string of the molecule is CCS(=O)(=O)Nc1cc(C(=O)NC(C)c2ccccc2)cc(C(=O)NC(Cc2ccccc2)C(O)CN(C)C2CCN(Cc3cccc(OC)c3)CC2)c1. The first-order valence-electron chi connectivity index (χ1n) is 18.5.